The molecule has 0 aromatic heterocycles. The van der Waals surface area contributed by atoms with Crippen molar-refractivity contribution in [3.63, 3.8) is 0 Å². The van der Waals surface area contributed by atoms with E-state index in [0.717, 1.165) is 5.56 Å². The SMILES string of the molecule is COC(=O)c1ccc(N2C(=O)C(OC(C)=O)C2c2ccc(OC)cc2)cc1. The number of carbonyl (C=O) groups excluding carboxylic acids is 3. The van der Waals surface area contributed by atoms with Gasteiger partial charge >= 0.3 is 11.9 Å². The first-order chi connectivity index (χ1) is 13.0. The second-order valence-corrected chi connectivity index (χ2v) is 5.99. The lowest BCUT2D eigenvalue weighted by molar-refractivity contribution is -0.160. The normalized spacial score (nSPS) is 18.5. The third-order valence-electron chi connectivity index (χ3n) is 4.36. The summed E-state index contributed by atoms with van der Waals surface area (Å²) in [5, 5.41) is 0. The first kappa shape index (κ1) is 18.4. The van der Waals surface area contributed by atoms with Gasteiger partial charge in [0.15, 0.2) is 0 Å². The first-order valence-corrected chi connectivity index (χ1v) is 8.29. The molecule has 1 amide bonds. The molecule has 1 heterocycles. The molecule has 7 nitrogen and oxygen atoms in total. The maximum atomic E-state index is 12.6. The quantitative estimate of drug-likeness (QED) is 0.595. The number of benzene rings is 2. The molecular formula is C20H19NO6. The number of rotatable bonds is 5. The molecule has 140 valence electrons. The fraction of sp³-hybridized carbons (Fsp3) is 0.250. The molecule has 2 aromatic carbocycles. The standard InChI is InChI=1S/C20H19NO6/c1-12(22)27-18-17(13-6-10-16(25-2)11-7-13)21(19(18)23)15-8-4-14(5-9-15)20(24)26-3/h4-11,17-18H,1-3H3. The van der Waals surface area contributed by atoms with E-state index < -0.39 is 24.1 Å². The van der Waals surface area contributed by atoms with Crippen LogP contribution in [0.3, 0.4) is 0 Å². The molecule has 0 spiro atoms. The predicted octanol–water partition coefficient (Wildman–Crippen LogP) is 2.50. The molecule has 3 rings (SSSR count). The number of nitrogens with zero attached hydrogens (tertiary/aromatic N) is 1. The molecule has 1 saturated heterocycles. The highest BCUT2D eigenvalue weighted by atomic mass is 16.6. The van der Waals surface area contributed by atoms with Gasteiger partial charge in [0.1, 0.15) is 11.8 Å². The minimum absolute atomic E-state index is 0.322. The molecule has 0 saturated carbocycles. The molecule has 7 heteroatoms. The number of anilines is 1. The van der Waals surface area contributed by atoms with Gasteiger partial charge in [-0.05, 0) is 42.0 Å². The van der Waals surface area contributed by atoms with Gasteiger partial charge < -0.3 is 14.2 Å². The molecule has 0 bridgehead atoms. The Morgan fingerprint density at radius 1 is 0.963 bits per heavy atom. The van der Waals surface area contributed by atoms with Crippen molar-refractivity contribution in [2.75, 3.05) is 19.1 Å². The van der Waals surface area contributed by atoms with E-state index in [9.17, 15) is 14.4 Å². The molecular weight excluding hydrogens is 350 g/mol. The maximum absolute atomic E-state index is 12.6. The van der Waals surface area contributed by atoms with E-state index in [1.165, 1.54) is 18.9 Å². The second kappa shape index (κ2) is 7.49. The number of amides is 1. The number of methoxy groups -OCH3 is 2. The van der Waals surface area contributed by atoms with Crippen LogP contribution in [0.4, 0.5) is 5.69 Å². The van der Waals surface area contributed by atoms with Gasteiger partial charge in [-0.3, -0.25) is 14.5 Å². The van der Waals surface area contributed by atoms with Crippen molar-refractivity contribution in [2.24, 2.45) is 0 Å². The molecule has 27 heavy (non-hydrogen) atoms. The molecule has 0 radical (unpaired) electrons. The maximum Gasteiger partial charge on any atom is 0.337 e. The monoisotopic (exact) mass is 369 g/mol. The van der Waals surface area contributed by atoms with Crippen LogP contribution >= 0.6 is 0 Å². The summed E-state index contributed by atoms with van der Waals surface area (Å²) in [6.45, 7) is 1.27. The van der Waals surface area contributed by atoms with Crippen LogP contribution in [0.1, 0.15) is 28.9 Å². The van der Waals surface area contributed by atoms with E-state index in [1.54, 1.807) is 43.5 Å². The molecule has 0 N–H and O–H groups in total. The van der Waals surface area contributed by atoms with E-state index in [4.69, 9.17) is 9.47 Å². The number of carbonyl (C=O) groups is 3. The van der Waals surface area contributed by atoms with Crippen LogP contribution in [0, 0.1) is 0 Å². The first-order valence-electron chi connectivity index (χ1n) is 8.29. The summed E-state index contributed by atoms with van der Waals surface area (Å²) in [6.07, 6.45) is -0.892. The Labute approximate surface area is 156 Å². The number of ether oxygens (including phenoxy) is 3. The Balaban J connectivity index is 1.93. The number of esters is 2. The Morgan fingerprint density at radius 2 is 1.59 bits per heavy atom. The Bertz CT molecular complexity index is 859. The van der Waals surface area contributed by atoms with Crippen molar-refractivity contribution in [1.29, 1.82) is 0 Å². The third-order valence-corrected chi connectivity index (χ3v) is 4.36. The predicted molar refractivity (Wildman–Crippen MR) is 96.6 cm³/mol. The summed E-state index contributed by atoms with van der Waals surface area (Å²) in [6, 6.07) is 13.2. The van der Waals surface area contributed by atoms with Crippen LogP contribution in [-0.4, -0.2) is 38.2 Å². The Hall–Kier alpha value is -3.35. The summed E-state index contributed by atoms with van der Waals surface area (Å²) in [4.78, 5) is 37.1. The Morgan fingerprint density at radius 3 is 2.11 bits per heavy atom. The van der Waals surface area contributed by atoms with Crippen molar-refractivity contribution in [2.45, 2.75) is 19.1 Å². The lowest BCUT2D eigenvalue weighted by Crippen LogP contribution is -2.60. The average molecular weight is 369 g/mol. The zero-order valence-corrected chi connectivity index (χ0v) is 15.2. The van der Waals surface area contributed by atoms with Gasteiger partial charge in [-0.2, -0.15) is 0 Å². The lowest BCUT2D eigenvalue weighted by Gasteiger charge is -2.46. The smallest absolute Gasteiger partial charge is 0.337 e. The lowest BCUT2D eigenvalue weighted by atomic mass is 9.89. The molecule has 1 fully saturated rings. The van der Waals surface area contributed by atoms with Crippen molar-refractivity contribution in [3.8, 4) is 5.75 Å². The van der Waals surface area contributed by atoms with Gasteiger partial charge in [-0.15, -0.1) is 0 Å². The summed E-state index contributed by atoms with van der Waals surface area (Å²) in [5.41, 5.74) is 1.78. The zero-order valence-electron chi connectivity index (χ0n) is 15.2. The van der Waals surface area contributed by atoms with E-state index in [-0.39, 0.29) is 5.91 Å². The van der Waals surface area contributed by atoms with Crippen LogP contribution in [0.25, 0.3) is 0 Å². The molecule has 0 aliphatic carbocycles. The van der Waals surface area contributed by atoms with E-state index in [2.05, 4.69) is 4.74 Å². The average Bonchev–Trinajstić information content (AvgIpc) is 2.69. The largest absolute Gasteiger partial charge is 0.497 e. The number of hydrogen-bond acceptors (Lipinski definition) is 6. The summed E-state index contributed by atoms with van der Waals surface area (Å²) in [7, 11) is 2.87. The molecule has 2 aromatic rings. The van der Waals surface area contributed by atoms with E-state index >= 15 is 0 Å². The molecule has 1 aliphatic heterocycles. The Kier molecular flexibility index (Phi) is 5.12. The van der Waals surface area contributed by atoms with E-state index in [0.29, 0.717) is 17.0 Å². The van der Waals surface area contributed by atoms with Crippen LogP contribution in [0.15, 0.2) is 48.5 Å². The highest BCUT2D eigenvalue weighted by Gasteiger charge is 2.51. The van der Waals surface area contributed by atoms with Crippen LogP contribution < -0.4 is 9.64 Å². The van der Waals surface area contributed by atoms with Gasteiger partial charge in [-0.25, -0.2) is 4.79 Å². The van der Waals surface area contributed by atoms with E-state index in [1.807, 2.05) is 12.1 Å². The summed E-state index contributed by atoms with van der Waals surface area (Å²) in [5.74, 6) is -0.618. The molecule has 2 atom stereocenters. The highest BCUT2D eigenvalue weighted by molar-refractivity contribution is 6.06. The van der Waals surface area contributed by atoms with Crippen LogP contribution in [-0.2, 0) is 19.1 Å². The number of hydrogen-bond donors (Lipinski definition) is 0. The van der Waals surface area contributed by atoms with Gasteiger partial charge in [0.05, 0.1) is 19.8 Å². The van der Waals surface area contributed by atoms with Crippen molar-refractivity contribution in [1.82, 2.24) is 0 Å². The fourth-order valence-corrected chi connectivity index (χ4v) is 3.04. The van der Waals surface area contributed by atoms with Gasteiger partial charge in [0.25, 0.3) is 5.91 Å². The highest BCUT2D eigenvalue weighted by Crippen LogP contribution is 2.41. The molecule has 2 unspecified atom stereocenters. The third kappa shape index (κ3) is 3.48. The second-order valence-electron chi connectivity index (χ2n) is 5.99. The van der Waals surface area contributed by atoms with Crippen LogP contribution in [0.2, 0.25) is 0 Å². The minimum atomic E-state index is -0.892. The summed E-state index contributed by atoms with van der Waals surface area (Å²) < 4.78 is 15.1. The van der Waals surface area contributed by atoms with Gasteiger partial charge in [-0.1, -0.05) is 12.1 Å². The van der Waals surface area contributed by atoms with Crippen LogP contribution in [0.5, 0.6) is 5.75 Å². The van der Waals surface area contributed by atoms with Gasteiger partial charge in [0, 0.05) is 12.6 Å². The topological polar surface area (TPSA) is 82.1 Å². The molecule has 1 aliphatic rings. The van der Waals surface area contributed by atoms with Crippen molar-refractivity contribution in [3.05, 3.63) is 59.7 Å². The zero-order chi connectivity index (χ0) is 19.6. The minimum Gasteiger partial charge on any atom is -0.497 e. The van der Waals surface area contributed by atoms with Crippen molar-refractivity contribution >= 4 is 23.5 Å². The van der Waals surface area contributed by atoms with Gasteiger partial charge in [0.2, 0.25) is 6.10 Å². The summed E-state index contributed by atoms with van der Waals surface area (Å²) >= 11 is 0. The van der Waals surface area contributed by atoms with Crippen molar-refractivity contribution < 1.29 is 28.6 Å². The fourth-order valence-electron chi connectivity index (χ4n) is 3.04. The number of β-lactam (4-membered cyclic amide) rings is 1.